The van der Waals surface area contributed by atoms with Crippen molar-refractivity contribution in [3.8, 4) is 5.75 Å². The second kappa shape index (κ2) is 9.31. The normalized spacial score (nSPS) is 10.3. The molecule has 3 aromatic carbocycles. The maximum Gasteiger partial charge on any atom is 0.243 e. The summed E-state index contributed by atoms with van der Waals surface area (Å²) in [6.45, 7) is 0.512. The monoisotopic (exact) mass is 400 g/mol. The predicted octanol–water partition coefficient (Wildman–Crippen LogP) is 5.62. The van der Waals surface area contributed by atoms with Gasteiger partial charge in [-0.2, -0.15) is 0 Å². The third kappa shape index (κ3) is 5.64. The number of anilines is 2. The van der Waals surface area contributed by atoms with E-state index in [0.29, 0.717) is 28.1 Å². The molecule has 4 nitrogen and oxygen atoms in total. The fraction of sp³-hybridized carbons (Fsp3) is 0.0952. The second-order valence-electron chi connectivity index (χ2n) is 5.80. The summed E-state index contributed by atoms with van der Waals surface area (Å²) in [6.07, 6.45) is 0. The largest absolute Gasteiger partial charge is 0.487 e. The van der Waals surface area contributed by atoms with Gasteiger partial charge < -0.3 is 15.4 Å². The Morgan fingerprint density at radius 2 is 1.63 bits per heavy atom. The van der Waals surface area contributed by atoms with E-state index in [2.05, 4.69) is 10.6 Å². The number of hydrogen-bond acceptors (Lipinski definition) is 3. The highest BCUT2D eigenvalue weighted by Crippen LogP contribution is 2.26. The first-order chi connectivity index (χ1) is 13.1. The van der Waals surface area contributed by atoms with E-state index in [1.807, 2.05) is 54.6 Å². The quantitative estimate of drug-likeness (QED) is 0.540. The molecule has 0 unspecified atom stereocenters. The van der Waals surface area contributed by atoms with Crippen molar-refractivity contribution >= 4 is 40.5 Å². The Balaban J connectivity index is 1.59. The van der Waals surface area contributed by atoms with Crippen molar-refractivity contribution in [2.24, 2.45) is 0 Å². The Labute approximate surface area is 168 Å². The maximum absolute atomic E-state index is 12.2. The molecule has 0 aliphatic heterocycles. The summed E-state index contributed by atoms with van der Waals surface area (Å²) in [5, 5.41) is 6.76. The molecular formula is C21H18Cl2N2O2. The van der Waals surface area contributed by atoms with Gasteiger partial charge in [0.15, 0.2) is 0 Å². The average molecular weight is 401 g/mol. The topological polar surface area (TPSA) is 50.4 Å². The molecule has 2 N–H and O–H groups in total. The molecule has 0 aliphatic rings. The van der Waals surface area contributed by atoms with Gasteiger partial charge in [0.05, 0.1) is 22.9 Å². The first-order valence-electron chi connectivity index (χ1n) is 8.36. The minimum absolute atomic E-state index is 0.0640. The van der Waals surface area contributed by atoms with Crippen molar-refractivity contribution in [3.05, 3.63) is 88.4 Å². The van der Waals surface area contributed by atoms with Crippen LogP contribution in [0.15, 0.2) is 72.8 Å². The Morgan fingerprint density at radius 3 is 2.44 bits per heavy atom. The second-order valence-corrected chi connectivity index (χ2v) is 6.64. The minimum Gasteiger partial charge on any atom is -0.487 e. The average Bonchev–Trinajstić information content (AvgIpc) is 2.69. The van der Waals surface area contributed by atoms with Crippen LogP contribution in [0.5, 0.6) is 5.75 Å². The van der Waals surface area contributed by atoms with Crippen LogP contribution in [-0.4, -0.2) is 12.5 Å². The zero-order valence-corrected chi connectivity index (χ0v) is 15.9. The van der Waals surface area contributed by atoms with E-state index in [0.717, 1.165) is 11.3 Å². The number of rotatable bonds is 7. The molecule has 0 heterocycles. The molecule has 0 fully saturated rings. The Bertz CT molecular complexity index is 917. The molecule has 0 radical (unpaired) electrons. The van der Waals surface area contributed by atoms with Gasteiger partial charge in [-0.1, -0.05) is 65.7 Å². The number of amides is 1. The van der Waals surface area contributed by atoms with Crippen LogP contribution in [0.1, 0.15) is 5.56 Å². The molecular weight excluding hydrogens is 383 g/mol. The molecule has 0 spiro atoms. The van der Waals surface area contributed by atoms with Crippen LogP contribution in [0, 0.1) is 0 Å². The van der Waals surface area contributed by atoms with Crippen molar-refractivity contribution < 1.29 is 9.53 Å². The van der Waals surface area contributed by atoms with Gasteiger partial charge in [0.1, 0.15) is 12.4 Å². The van der Waals surface area contributed by atoms with Crippen molar-refractivity contribution in [1.29, 1.82) is 0 Å². The minimum atomic E-state index is -0.239. The summed E-state index contributed by atoms with van der Waals surface area (Å²) >= 11 is 12.0. The van der Waals surface area contributed by atoms with Crippen LogP contribution < -0.4 is 15.4 Å². The van der Waals surface area contributed by atoms with E-state index in [1.54, 1.807) is 18.2 Å². The van der Waals surface area contributed by atoms with E-state index < -0.39 is 0 Å². The van der Waals surface area contributed by atoms with Gasteiger partial charge in [0, 0.05) is 5.02 Å². The molecule has 3 rings (SSSR count). The molecule has 27 heavy (non-hydrogen) atoms. The molecule has 1 amide bonds. The van der Waals surface area contributed by atoms with Crippen LogP contribution in [0.2, 0.25) is 10.0 Å². The molecule has 0 aromatic heterocycles. The lowest BCUT2D eigenvalue weighted by atomic mass is 10.2. The Kier molecular flexibility index (Phi) is 6.58. The van der Waals surface area contributed by atoms with Gasteiger partial charge >= 0.3 is 0 Å². The molecule has 3 aromatic rings. The predicted molar refractivity (Wildman–Crippen MR) is 111 cm³/mol. The van der Waals surface area contributed by atoms with Gasteiger partial charge in [0.2, 0.25) is 5.91 Å². The van der Waals surface area contributed by atoms with E-state index in [-0.39, 0.29) is 12.5 Å². The lowest BCUT2D eigenvalue weighted by Crippen LogP contribution is -2.22. The summed E-state index contributed by atoms with van der Waals surface area (Å²) in [7, 11) is 0. The number of carbonyl (C=O) groups is 1. The summed E-state index contributed by atoms with van der Waals surface area (Å²) < 4.78 is 5.88. The summed E-state index contributed by atoms with van der Waals surface area (Å²) in [6, 6.07) is 22.3. The number of carbonyl (C=O) groups excluding carboxylic acids is 1. The molecule has 0 aliphatic carbocycles. The maximum atomic E-state index is 12.2. The summed E-state index contributed by atoms with van der Waals surface area (Å²) in [4.78, 5) is 12.2. The summed E-state index contributed by atoms with van der Waals surface area (Å²) in [5.41, 5.74) is 2.28. The van der Waals surface area contributed by atoms with E-state index >= 15 is 0 Å². The van der Waals surface area contributed by atoms with E-state index in [4.69, 9.17) is 27.9 Å². The van der Waals surface area contributed by atoms with Crippen molar-refractivity contribution in [3.63, 3.8) is 0 Å². The van der Waals surface area contributed by atoms with Crippen molar-refractivity contribution in [1.82, 2.24) is 0 Å². The third-order valence-electron chi connectivity index (χ3n) is 3.77. The number of para-hydroxylation sites is 2. The molecule has 0 saturated heterocycles. The fourth-order valence-electron chi connectivity index (χ4n) is 2.44. The lowest BCUT2D eigenvalue weighted by molar-refractivity contribution is -0.114. The highest BCUT2D eigenvalue weighted by atomic mass is 35.5. The smallest absolute Gasteiger partial charge is 0.243 e. The van der Waals surface area contributed by atoms with Crippen LogP contribution in [0.25, 0.3) is 0 Å². The molecule has 6 heteroatoms. The first kappa shape index (κ1) is 19.1. The van der Waals surface area contributed by atoms with Gasteiger partial charge in [-0.3, -0.25) is 4.79 Å². The highest BCUT2D eigenvalue weighted by Gasteiger charge is 2.09. The number of benzene rings is 3. The Hall–Kier alpha value is -2.69. The van der Waals surface area contributed by atoms with Crippen LogP contribution in [0.3, 0.4) is 0 Å². The standard InChI is InChI=1S/C21H18Cl2N2O2/c22-16-10-11-17(23)19(12-16)25-21(26)13-24-18-8-4-5-9-20(18)27-14-15-6-2-1-3-7-15/h1-12,24H,13-14H2,(H,25,26). The SMILES string of the molecule is O=C(CNc1ccccc1OCc1ccccc1)Nc1cc(Cl)ccc1Cl. The third-order valence-corrected chi connectivity index (χ3v) is 4.33. The highest BCUT2D eigenvalue weighted by molar-refractivity contribution is 6.35. The van der Waals surface area contributed by atoms with E-state index in [1.165, 1.54) is 0 Å². The van der Waals surface area contributed by atoms with Gasteiger partial charge in [-0.05, 0) is 35.9 Å². The Morgan fingerprint density at radius 1 is 0.889 bits per heavy atom. The van der Waals surface area contributed by atoms with Crippen molar-refractivity contribution in [2.45, 2.75) is 6.61 Å². The number of hydrogen-bond donors (Lipinski definition) is 2. The number of ether oxygens (including phenoxy) is 1. The van der Waals surface area contributed by atoms with Gasteiger partial charge in [-0.25, -0.2) is 0 Å². The lowest BCUT2D eigenvalue weighted by Gasteiger charge is -2.14. The van der Waals surface area contributed by atoms with Gasteiger partial charge in [-0.15, -0.1) is 0 Å². The molecule has 0 atom stereocenters. The van der Waals surface area contributed by atoms with Gasteiger partial charge in [0.25, 0.3) is 0 Å². The van der Waals surface area contributed by atoms with Crippen LogP contribution >= 0.6 is 23.2 Å². The fourth-order valence-corrected chi connectivity index (χ4v) is 2.77. The first-order valence-corrected chi connectivity index (χ1v) is 9.12. The molecule has 138 valence electrons. The zero-order valence-electron chi connectivity index (χ0n) is 14.4. The number of nitrogens with one attached hydrogen (secondary N) is 2. The summed E-state index contributed by atoms with van der Waals surface area (Å²) in [5.74, 6) is 0.437. The van der Waals surface area contributed by atoms with Crippen molar-refractivity contribution in [2.75, 3.05) is 17.2 Å². The van der Waals surface area contributed by atoms with Crippen LogP contribution in [0.4, 0.5) is 11.4 Å². The molecule has 0 bridgehead atoms. The number of halogens is 2. The van der Waals surface area contributed by atoms with Crippen LogP contribution in [-0.2, 0) is 11.4 Å². The van der Waals surface area contributed by atoms with E-state index in [9.17, 15) is 4.79 Å². The molecule has 0 saturated carbocycles. The zero-order chi connectivity index (χ0) is 19.1.